The predicted molar refractivity (Wildman–Crippen MR) is 186 cm³/mol. The molecule has 6 aromatic carbocycles. The maximum Gasteiger partial charge on any atom is 0.161 e. The average molecular weight is 582 g/mol. The molecule has 0 saturated heterocycles. The van der Waals surface area contributed by atoms with E-state index in [4.69, 9.17) is 18.8 Å². The molecular weight excluding hydrogens is 554 g/mol. The first-order chi connectivity index (χ1) is 22.3. The van der Waals surface area contributed by atoms with Crippen molar-refractivity contribution in [2.24, 2.45) is 15.0 Å². The van der Waals surface area contributed by atoms with Gasteiger partial charge in [-0.3, -0.25) is 4.99 Å². The van der Waals surface area contributed by atoms with Crippen LogP contribution in [0.15, 0.2) is 163 Å². The van der Waals surface area contributed by atoms with Gasteiger partial charge in [0, 0.05) is 27.1 Å². The second-order valence-corrected chi connectivity index (χ2v) is 10.9. The fourth-order valence-electron chi connectivity index (χ4n) is 5.96. The van der Waals surface area contributed by atoms with E-state index < -0.39 is 0 Å². The van der Waals surface area contributed by atoms with Crippen molar-refractivity contribution >= 4 is 62.3 Å². The van der Waals surface area contributed by atoms with Crippen molar-refractivity contribution in [2.75, 3.05) is 0 Å². The molecule has 0 aliphatic rings. The zero-order valence-corrected chi connectivity index (χ0v) is 24.4. The van der Waals surface area contributed by atoms with Gasteiger partial charge in [-0.1, -0.05) is 109 Å². The van der Waals surface area contributed by atoms with Crippen molar-refractivity contribution in [3.05, 3.63) is 156 Å². The Morgan fingerprint density at radius 2 is 1.24 bits per heavy atom. The lowest BCUT2D eigenvalue weighted by Gasteiger charge is -2.08. The highest BCUT2D eigenvalue weighted by atomic mass is 16.3. The van der Waals surface area contributed by atoms with Crippen LogP contribution >= 0.6 is 0 Å². The Kier molecular flexibility index (Phi) is 6.61. The topological polar surface area (TPSA) is 63.4 Å². The van der Waals surface area contributed by atoms with Crippen LogP contribution in [0.25, 0.3) is 55.0 Å². The van der Waals surface area contributed by atoms with Crippen molar-refractivity contribution in [1.29, 1.82) is 0 Å². The second kappa shape index (κ2) is 11.2. The van der Waals surface area contributed by atoms with Gasteiger partial charge < -0.3 is 8.83 Å². The van der Waals surface area contributed by atoms with Gasteiger partial charge in [0.05, 0.1) is 12.1 Å². The maximum absolute atomic E-state index is 6.39. The maximum atomic E-state index is 6.39. The van der Waals surface area contributed by atoms with E-state index >= 15 is 0 Å². The molecule has 214 valence electrons. The predicted octanol–water partition coefficient (Wildman–Crippen LogP) is 10.2. The van der Waals surface area contributed by atoms with Gasteiger partial charge in [-0.15, -0.1) is 0 Å². The monoisotopic (exact) mass is 581 g/mol. The number of benzene rings is 6. The van der Waals surface area contributed by atoms with Crippen molar-refractivity contribution < 1.29 is 8.83 Å². The van der Waals surface area contributed by atoms with Crippen LogP contribution in [0.2, 0.25) is 0 Å². The molecule has 2 heterocycles. The van der Waals surface area contributed by atoms with Gasteiger partial charge in [-0.2, -0.15) is 0 Å². The van der Waals surface area contributed by atoms with Gasteiger partial charge in [0.1, 0.15) is 22.3 Å². The van der Waals surface area contributed by atoms with Crippen LogP contribution in [0.3, 0.4) is 0 Å². The van der Waals surface area contributed by atoms with Gasteiger partial charge in [0.2, 0.25) is 0 Å². The molecule has 0 spiro atoms. The van der Waals surface area contributed by atoms with E-state index in [-0.39, 0.29) is 0 Å². The lowest BCUT2D eigenvalue weighted by atomic mass is 10.0. The summed E-state index contributed by atoms with van der Waals surface area (Å²) in [7, 11) is 0. The molecule has 0 fully saturated rings. The molecule has 0 N–H and O–H groups in total. The SMILES string of the molecule is C=NC(=NC(=NCc1ccccc1)c1cccc2c1oc1ccccc12)c1cccc2oc3cc(-c4ccccc4)ccc3c12. The summed E-state index contributed by atoms with van der Waals surface area (Å²) < 4.78 is 12.8. The van der Waals surface area contributed by atoms with Crippen LogP contribution in [-0.4, -0.2) is 18.4 Å². The van der Waals surface area contributed by atoms with E-state index in [2.05, 4.69) is 66.3 Å². The Labute approximate surface area is 259 Å². The zero-order valence-electron chi connectivity index (χ0n) is 24.4. The number of aliphatic imine (C=N–C) groups is 3. The summed E-state index contributed by atoms with van der Waals surface area (Å²) in [5.74, 6) is 0.970. The number of nitrogens with zero attached hydrogens (tertiary/aromatic N) is 3. The molecule has 5 heteroatoms. The minimum Gasteiger partial charge on any atom is -0.456 e. The van der Waals surface area contributed by atoms with Crippen LogP contribution in [-0.2, 0) is 6.54 Å². The molecule has 0 bridgehead atoms. The van der Waals surface area contributed by atoms with Gasteiger partial charge in [0.25, 0.3) is 0 Å². The highest BCUT2D eigenvalue weighted by Crippen LogP contribution is 2.35. The Bertz CT molecular complexity index is 2420. The number of para-hydroxylation sites is 2. The zero-order chi connectivity index (χ0) is 30.2. The smallest absolute Gasteiger partial charge is 0.161 e. The highest BCUT2D eigenvalue weighted by Gasteiger charge is 2.19. The first-order valence-corrected chi connectivity index (χ1v) is 14.8. The number of hydrogen-bond acceptors (Lipinski definition) is 3. The molecule has 0 saturated carbocycles. The summed E-state index contributed by atoms with van der Waals surface area (Å²) in [6, 6.07) is 46.8. The molecule has 5 nitrogen and oxygen atoms in total. The molecule has 0 amide bonds. The summed E-state index contributed by atoms with van der Waals surface area (Å²) in [6.07, 6.45) is 0. The van der Waals surface area contributed by atoms with E-state index in [1.807, 2.05) is 84.9 Å². The third kappa shape index (κ3) is 4.81. The van der Waals surface area contributed by atoms with Crippen LogP contribution in [0.1, 0.15) is 16.7 Å². The summed E-state index contributed by atoms with van der Waals surface area (Å²) in [4.78, 5) is 14.6. The summed E-state index contributed by atoms with van der Waals surface area (Å²) in [6.45, 7) is 4.38. The second-order valence-electron chi connectivity index (χ2n) is 10.9. The summed E-state index contributed by atoms with van der Waals surface area (Å²) in [5, 5.41) is 3.98. The molecule has 2 aromatic heterocycles. The van der Waals surface area contributed by atoms with Crippen molar-refractivity contribution in [2.45, 2.75) is 6.54 Å². The van der Waals surface area contributed by atoms with E-state index in [0.717, 1.165) is 71.7 Å². The Morgan fingerprint density at radius 1 is 0.533 bits per heavy atom. The van der Waals surface area contributed by atoms with Crippen molar-refractivity contribution in [3.63, 3.8) is 0 Å². The Hall–Kier alpha value is -6.07. The first-order valence-electron chi connectivity index (χ1n) is 14.8. The third-order valence-corrected chi connectivity index (χ3v) is 8.11. The number of fused-ring (bicyclic) bond motifs is 6. The van der Waals surface area contributed by atoms with Gasteiger partial charge in [-0.25, -0.2) is 9.98 Å². The fraction of sp³-hybridized carbons (Fsp3) is 0.0250. The first kappa shape index (κ1) is 26.5. The molecule has 8 aromatic rings. The van der Waals surface area contributed by atoms with Crippen LogP contribution < -0.4 is 0 Å². The lowest BCUT2D eigenvalue weighted by molar-refractivity contribution is 0.668. The largest absolute Gasteiger partial charge is 0.456 e. The van der Waals surface area contributed by atoms with Gasteiger partial charge >= 0.3 is 0 Å². The van der Waals surface area contributed by atoms with E-state index in [1.54, 1.807) is 0 Å². The number of furan rings is 2. The summed E-state index contributed by atoms with van der Waals surface area (Å²) >= 11 is 0. The number of hydrogen-bond donors (Lipinski definition) is 0. The molecule has 0 radical (unpaired) electrons. The van der Waals surface area contributed by atoms with Crippen LogP contribution in [0.4, 0.5) is 0 Å². The van der Waals surface area contributed by atoms with E-state index in [9.17, 15) is 0 Å². The van der Waals surface area contributed by atoms with Crippen LogP contribution in [0.5, 0.6) is 0 Å². The minimum atomic E-state index is 0.446. The number of rotatable bonds is 5. The number of amidine groups is 2. The minimum absolute atomic E-state index is 0.446. The molecule has 0 aliphatic heterocycles. The van der Waals surface area contributed by atoms with Gasteiger partial charge in [0.15, 0.2) is 11.7 Å². The Morgan fingerprint density at radius 3 is 2.09 bits per heavy atom. The Balaban J connectivity index is 1.31. The average Bonchev–Trinajstić information content (AvgIpc) is 3.68. The molecule has 0 unspecified atom stereocenters. The van der Waals surface area contributed by atoms with E-state index in [1.165, 1.54) is 0 Å². The molecule has 45 heavy (non-hydrogen) atoms. The van der Waals surface area contributed by atoms with Crippen molar-refractivity contribution in [3.8, 4) is 11.1 Å². The standard InChI is InChI=1S/C40H27N3O2/c1-41-39(32-18-11-21-35-37(32)31-23-22-28(24-36(31)44-35)27-14-6-3-7-15-27)43-40(42-25-26-12-4-2-5-13-26)33-19-10-17-30-29-16-8-9-20-34(29)45-38(30)33/h2-24H,1,25H2. The lowest BCUT2D eigenvalue weighted by Crippen LogP contribution is -2.06. The van der Waals surface area contributed by atoms with Gasteiger partial charge in [-0.05, 0) is 53.7 Å². The normalized spacial score (nSPS) is 12.4. The highest BCUT2D eigenvalue weighted by molar-refractivity contribution is 6.23. The van der Waals surface area contributed by atoms with E-state index in [0.29, 0.717) is 18.2 Å². The molecule has 0 aliphatic carbocycles. The molecule has 0 atom stereocenters. The van der Waals surface area contributed by atoms with Crippen molar-refractivity contribution in [1.82, 2.24) is 0 Å². The molecular formula is C40H27N3O2. The summed E-state index contributed by atoms with van der Waals surface area (Å²) in [5.41, 5.74) is 8.01. The van der Waals surface area contributed by atoms with Crippen LogP contribution in [0, 0.1) is 0 Å². The fourth-order valence-corrected chi connectivity index (χ4v) is 5.96. The quantitative estimate of drug-likeness (QED) is 0.150. The molecule has 8 rings (SSSR count). The third-order valence-electron chi connectivity index (χ3n) is 8.11.